The molecule has 0 atom stereocenters. The quantitative estimate of drug-likeness (QED) is 0.700. The van der Waals surface area contributed by atoms with Crippen LogP contribution in [0.15, 0.2) is 0 Å². The molecule has 0 unspecified atom stereocenters. The second-order valence-corrected chi connectivity index (χ2v) is 3.70. The highest BCUT2D eigenvalue weighted by Gasteiger charge is 2.23. The third-order valence-electron chi connectivity index (χ3n) is 2.55. The minimum atomic E-state index is 0.909. The van der Waals surface area contributed by atoms with Crippen molar-refractivity contribution < 1.29 is 0 Å². The first-order valence-corrected chi connectivity index (χ1v) is 4.59. The van der Waals surface area contributed by atoms with Gasteiger partial charge in [-0.05, 0) is 14.1 Å². The molecular weight excluding hydrogens is 164 g/mol. The minimum absolute atomic E-state index is 0.909. The van der Waals surface area contributed by atoms with E-state index in [1.807, 2.05) is 18.8 Å². The molecular formula is C9H16N4. The molecule has 72 valence electrons. The number of hydrogen-bond acceptors (Lipinski definition) is 3. The SMILES string of the molecule is CNCc1c2c(nn1C)CN(C)C2. The molecule has 0 saturated carbocycles. The van der Waals surface area contributed by atoms with Gasteiger partial charge in [-0.1, -0.05) is 0 Å². The lowest BCUT2D eigenvalue weighted by Gasteiger charge is -2.08. The van der Waals surface area contributed by atoms with Gasteiger partial charge in [-0.2, -0.15) is 5.10 Å². The molecule has 0 aromatic carbocycles. The Hall–Kier alpha value is -0.870. The zero-order valence-corrected chi connectivity index (χ0v) is 8.46. The third-order valence-corrected chi connectivity index (χ3v) is 2.55. The Morgan fingerprint density at radius 2 is 2.15 bits per heavy atom. The molecule has 2 rings (SSSR count). The number of hydrogen-bond donors (Lipinski definition) is 1. The van der Waals surface area contributed by atoms with E-state index in [1.54, 1.807) is 0 Å². The van der Waals surface area contributed by atoms with Crippen molar-refractivity contribution in [2.24, 2.45) is 7.05 Å². The fourth-order valence-corrected chi connectivity index (χ4v) is 1.94. The predicted octanol–water partition coefficient (Wildman–Crippen LogP) is 0.0849. The van der Waals surface area contributed by atoms with E-state index in [1.165, 1.54) is 17.0 Å². The summed E-state index contributed by atoms with van der Waals surface area (Å²) in [6, 6.07) is 0. The molecule has 0 amide bonds. The summed E-state index contributed by atoms with van der Waals surface area (Å²) in [7, 11) is 6.12. The maximum Gasteiger partial charge on any atom is 0.0813 e. The first kappa shape index (κ1) is 8.72. The Labute approximate surface area is 78.5 Å². The maximum absolute atomic E-state index is 4.50. The largest absolute Gasteiger partial charge is 0.314 e. The minimum Gasteiger partial charge on any atom is -0.314 e. The van der Waals surface area contributed by atoms with Gasteiger partial charge in [0.15, 0.2) is 0 Å². The highest BCUT2D eigenvalue weighted by atomic mass is 15.3. The average Bonchev–Trinajstić information content (AvgIpc) is 2.52. The summed E-state index contributed by atoms with van der Waals surface area (Å²) < 4.78 is 1.99. The van der Waals surface area contributed by atoms with Crippen LogP contribution in [0.1, 0.15) is 17.0 Å². The van der Waals surface area contributed by atoms with E-state index in [9.17, 15) is 0 Å². The molecule has 1 N–H and O–H groups in total. The Morgan fingerprint density at radius 3 is 2.85 bits per heavy atom. The van der Waals surface area contributed by atoms with Gasteiger partial charge in [0, 0.05) is 32.2 Å². The summed E-state index contributed by atoms with van der Waals surface area (Å²) in [4.78, 5) is 2.29. The van der Waals surface area contributed by atoms with Crippen molar-refractivity contribution in [2.45, 2.75) is 19.6 Å². The van der Waals surface area contributed by atoms with Crippen molar-refractivity contribution >= 4 is 0 Å². The van der Waals surface area contributed by atoms with Crippen LogP contribution in [-0.2, 0) is 26.7 Å². The van der Waals surface area contributed by atoms with E-state index in [-0.39, 0.29) is 0 Å². The summed E-state index contributed by atoms with van der Waals surface area (Å²) in [5.74, 6) is 0. The molecule has 0 aliphatic carbocycles. The maximum atomic E-state index is 4.50. The van der Waals surface area contributed by atoms with Crippen LogP contribution in [-0.4, -0.2) is 28.8 Å². The van der Waals surface area contributed by atoms with Crippen LogP contribution in [0.3, 0.4) is 0 Å². The first-order valence-electron chi connectivity index (χ1n) is 4.59. The fourth-order valence-electron chi connectivity index (χ4n) is 1.94. The Morgan fingerprint density at radius 1 is 1.38 bits per heavy atom. The molecule has 13 heavy (non-hydrogen) atoms. The molecule has 0 spiro atoms. The highest BCUT2D eigenvalue weighted by molar-refractivity contribution is 5.29. The number of fused-ring (bicyclic) bond motifs is 1. The summed E-state index contributed by atoms with van der Waals surface area (Å²) in [6.45, 7) is 2.94. The van der Waals surface area contributed by atoms with Gasteiger partial charge >= 0.3 is 0 Å². The molecule has 1 aromatic rings. The van der Waals surface area contributed by atoms with Crippen LogP contribution < -0.4 is 5.32 Å². The van der Waals surface area contributed by atoms with E-state index in [2.05, 4.69) is 22.4 Å². The Balaban J connectivity index is 2.34. The van der Waals surface area contributed by atoms with Crippen molar-refractivity contribution in [2.75, 3.05) is 14.1 Å². The van der Waals surface area contributed by atoms with E-state index >= 15 is 0 Å². The molecule has 0 bridgehead atoms. The molecule has 1 aliphatic heterocycles. The lowest BCUT2D eigenvalue weighted by Crippen LogP contribution is -2.15. The number of nitrogens with zero attached hydrogens (tertiary/aromatic N) is 3. The Kier molecular flexibility index (Phi) is 2.09. The van der Waals surface area contributed by atoms with Gasteiger partial charge in [0.1, 0.15) is 0 Å². The van der Waals surface area contributed by atoms with Crippen molar-refractivity contribution in [1.29, 1.82) is 0 Å². The van der Waals surface area contributed by atoms with Crippen LogP contribution in [0, 0.1) is 0 Å². The number of aryl methyl sites for hydroxylation is 1. The standard InChI is InChI=1S/C9H16N4/c1-10-4-9-7-5-12(2)6-8(7)11-13(9)3/h10H,4-6H2,1-3H3. The highest BCUT2D eigenvalue weighted by Crippen LogP contribution is 2.23. The van der Waals surface area contributed by atoms with Crippen LogP contribution in [0.5, 0.6) is 0 Å². The molecule has 4 heteroatoms. The number of nitrogens with one attached hydrogen (secondary N) is 1. The van der Waals surface area contributed by atoms with Crippen LogP contribution in [0.25, 0.3) is 0 Å². The number of aromatic nitrogens is 2. The molecule has 0 radical (unpaired) electrons. The van der Waals surface area contributed by atoms with Crippen molar-refractivity contribution in [3.63, 3.8) is 0 Å². The lowest BCUT2D eigenvalue weighted by atomic mass is 10.2. The van der Waals surface area contributed by atoms with E-state index in [4.69, 9.17) is 0 Å². The summed E-state index contributed by atoms with van der Waals surface area (Å²) >= 11 is 0. The van der Waals surface area contributed by atoms with Gasteiger partial charge < -0.3 is 5.32 Å². The normalized spacial score (nSPS) is 16.5. The number of rotatable bonds is 2. The van der Waals surface area contributed by atoms with Crippen LogP contribution in [0.2, 0.25) is 0 Å². The third kappa shape index (κ3) is 1.36. The zero-order chi connectivity index (χ0) is 9.42. The summed E-state index contributed by atoms with van der Waals surface area (Å²) in [6.07, 6.45) is 0. The van der Waals surface area contributed by atoms with Crippen LogP contribution >= 0.6 is 0 Å². The van der Waals surface area contributed by atoms with Crippen molar-refractivity contribution in [3.8, 4) is 0 Å². The van der Waals surface area contributed by atoms with Gasteiger partial charge in [-0.25, -0.2) is 0 Å². The second-order valence-electron chi connectivity index (χ2n) is 3.70. The second kappa shape index (κ2) is 3.12. The van der Waals surface area contributed by atoms with E-state index < -0.39 is 0 Å². The monoisotopic (exact) mass is 180 g/mol. The van der Waals surface area contributed by atoms with Gasteiger partial charge in [0.05, 0.1) is 11.4 Å². The Bertz CT molecular complexity index is 316. The zero-order valence-electron chi connectivity index (χ0n) is 8.46. The van der Waals surface area contributed by atoms with E-state index in [0.29, 0.717) is 0 Å². The van der Waals surface area contributed by atoms with Crippen LogP contribution in [0.4, 0.5) is 0 Å². The topological polar surface area (TPSA) is 33.1 Å². The van der Waals surface area contributed by atoms with Gasteiger partial charge in [-0.15, -0.1) is 0 Å². The smallest absolute Gasteiger partial charge is 0.0813 e. The molecule has 0 saturated heterocycles. The molecule has 4 nitrogen and oxygen atoms in total. The molecule has 0 fully saturated rings. The molecule has 2 heterocycles. The lowest BCUT2D eigenvalue weighted by molar-refractivity contribution is 0.344. The molecule has 1 aromatic heterocycles. The first-order chi connectivity index (χ1) is 6.22. The average molecular weight is 180 g/mol. The van der Waals surface area contributed by atoms with Crippen molar-refractivity contribution in [3.05, 3.63) is 17.0 Å². The van der Waals surface area contributed by atoms with Gasteiger partial charge in [0.2, 0.25) is 0 Å². The van der Waals surface area contributed by atoms with E-state index in [0.717, 1.165) is 19.6 Å². The summed E-state index contributed by atoms with van der Waals surface area (Å²) in [5, 5.41) is 7.67. The summed E-state index contributed by atoms with van der Waals surface area (Å²) in [5.41, 5.74) is 3.98. The van der Waals surface area contributed by atoms with Gasteiger partial charge in [-0.3, -0.25) is 9.58 Å². The van der Waals surface area contributed by atoms with Crippen molar-refractivity contribution in [1.82, 2.24) is 20.0 Å². The van der Waals surface area contributed by atoms with Gasteiger partial charge in [0.25, 0.3) is 0 Å². The predicted molar refractivity (Wildman–Crippen MR) is 51.1 cm³/mol. The fraction of sp³-hybridized carbons (Fsp3) is 0.667. The molecule has 1 aliphatic rings.